The van der Waals surface area contributed by atoms with Crippen molar-refractivity contribution in [2.75, 3.05) is 51.2 Å². The van der Waals surface area contributed by atoms with E-state index in [1.165, 1.54) is 16.8 Å². The average molecular weight is 599 g/mol. The first-order valence-corrected chi connectivity index (χ1v) is 15.2. The highest BCUT2D eigenvalue weighted by Gasteiger charge is 2.46. The van der Waals surface area contributed by atoms with E-state index in [1.807, 2.05) is 30.7 Å². The maximum absolute atomic E-state index is 13.4. The van der Waals surface area contributed by atoms with Crippen LogP contribution < -0.4 is 9.62 Å². The summed E-state index contributed by atoms with van der Waals surface area (Å²) in [6, 6.07) is 1.57. The molecule has 1 amide bonds. The second-order valence-electron chi connectivity index (χ2n) is 11.5. The van der Waals surface area contributed by atoms with Gasteiger partial charge in [0.1, 0.15) is 4.90 Å². The highest BCUT2D eigenvalue weighted by atomic mass is 32.2. The molecule has 1 N–H and O–H groups in total. The number of rotatable bonds is 6. The third-order valence-electron chi connectivity index (χ3n) is 7.81. The quantitative estimate of drug-likeness (QED) is 0.460. The number of sulfonamides is 1. The summed E-state index contributed by atoms with van der Waals surface area (Å²) in [6.45, 7) is 7.05. The molecule has 40 heavy (non-hydrogen) atoms. The molecule has 11 nitrogen and oxygen atoms in total. The Balaban J connectivity index is 1.36. The molecule has 0 unspecified atom stereocenters. The van der Waals surface area contributed by atoms with Gasteiger partial charge in [0.05, 0.1) is 22.8 Å². The summed E-state index contributed by atoms with van der Waals surface area (Å²) in [5, 5.41) is 5.76. The van der Waals surface area contributed by atoms with Gasteiger partial charge in [-0.15, -0.1) is 10.2 Å². The number of anilines is 1. The summed E-state index contributed by atoms with van der Waals surface area (Å²) in [5.41, 5.74) is 0.150. The lowest BCUT2D eigenvalue weighted by molar-refractivity contribution is -0.150. The molecule has 1 aliphatic carbocycles. The number of fused-ring (bicyclic) bond motifs is 1. The molecule has 5 heterocycles. The highest BCUT2D eigenvalue weighted by Crippen LogP contribution is 2.39. The molecular weight excluding hydrogens is 569 g/mol. The summed E-state index contributed by atoms with van der Waals surface area (Å²) in [6.07, 6.45) is -0.373. The van der Waals surface area contributed by atoms with Crippen LogP contribution >= 0.6 is 11.3 Å². The number of carbonyl (C=O) groups excluding carboxylic acids is 1. The molecule has 0 atom stereocenters. The van der Waals surface area contributed by atoms with E-state index in [2.05, 4.69) is 24.8 Å². The Morgan fingerprint density at radius 1 is 1.10 bits per heavy atom. The van der Waals surface area contributed by atoms with Crippen LogP contribution in [0, 0.1) is 5.41 Å². The maximum atomic E-state index is 13.4. The van der Waals surface area contributed by atoms with Crippen molar-refractivity contribution in [3.05, 3.63) is 23.5 Å². The molecule has 0 radical (unpaired) electrons. The Labute approximate surface area is 233 Å². The van der Waals surface area contributed by atoms with Gasteiger partial charge >= 0.3 is 6.18 Å². The maximum Gasteiger partial charge on any atom is 0.445 e. The lowest BCUT2D eigenvalue weighted by Gasteiger charge is -2.48. The van der Waals surface area contributed by atoms with Crippen molar-refractivity contribution in [1.29, 1.82) is 0 Å². The van der Waals surface area contributed by atoms with Crippen LogP contribution in [0.1, 0.15) is 31.7 Å². The van der Waals surface area contributed by atoms with Crippen LogP contribution in [0.2, 0.25) is 0 Å². The molecule has 6 rings (SSSR count). The van der Waals surface area contributed by atoms with Crippen molar-refractivity contribution in [3.8, 4) is 10.8 Å². The van der Waals surface area contributed by atoms with Gasteiger partial charge in [-0.25, -0.2) is 18.1 Å². The zero-order valence-corrected chi connectivity index (χ0v) is 23.8. The second-order valence-corrected chi connectivity index (χ2v) is 14.1. The minimum absolute atomic E-state index is 0.0357. The molecule has 2 aliphatic heterocycles. The van der Waals surface area contributed by atoms with E-state index in [1.54, 1.807) is 6.07 Å². The van der Waals surface area contributed by atoms with E-state index in [-0.39, 0.29) is 21.6 Å². The fourth-order valence-corrected chi connectivity index (χ4v) is 7.71. The first kappa shape index (κ1) is 27.4. The molecule has 3 aromatic heterocycles. The normalized spacial score (nSPS) is 21.1. The van der Waals surface area contributed by atoms with E-state index in [0.717, 1.165) is 0 Å². The van der Waals surface area contributed by atoms with E-state index < -0.39 is 32.2 Å². The van der Waals surface area contributed by atoms with Gasteiger partial charge in [-0.2, -0.15) is 13.2 Å². The molecule has 2 saturated heterocycles. The van der Waals surface area contributed by atoms with Crippen LogP contribution in [-0.4, -0.2) is 95.6 Å². The van der Waals surface area contributed by atoms with Crippen molar-refractivity contribution in [1.82, 2.24) is 34.1 Å². The van der Waals surface area contributed by atoms with Crippen LogP contribution in [-0.2, 0) is 21.0 Å². The van der Waals surface area contributed by atoms with Gasteiger partial charge < -0.3 is 14.7 Å². The largest absolute Gasteiger partial charge is 0.445 e. The Morgan fingerprint density at radius 3 is 2.35 bits per heavy atom. The lowest BCUT2D eigenvalue weighted by Crippen LogP contribution is -2.63. The number of carbonyl (C=O) groups is 1. The second kappa shape index (κ2) is 9.09. The van der Waals surface area contributed by atoms with E-state index in [0.29, 0.717) is 74.7 Å². The van der Waals surface area contributed by atoms with Gasteiger partial charge in [-0.05, 0) is 39.8 Å². The lowest BCUT2D eigenvalue weighted by atomic mass is 9.81. The molecule has 1 saturated carbocycles. The molecular formula is C24H29F3N8O3S2. The number of nitrogens with one attached hydrogen (secondary N) is 1. The average Bonchev–Trinajstić information content (AvgIpc) is 3.24. The number of hydrogen-bond donors (Lipinski definition) is 1. The van der Waals surface area contributed by atoms with Gasteiger partial charge in [0, 0.05) is 51.0 Å². The standard InChI is InChI=1S/C24H29F3N8O3S2/c1-22(13-32(3)14-22)21(36)34-8-6-33(7-9-34)16-10-15(40(37,38)31-23(2)4-5-23)12-35-17(16)11-28-18(35)19-29-30-20(39-19)24(25,26)27/h10-12,31H,4-9,13-14H2,1-3H3. The number of hydrogen-bond acceptors (Lipinski definition) is 9. The topological polar surface area (TPSA) is 116 Å². The number of aromatic nitrogens is 4. The predicted molar refractivity (Wildman–Crippen MR) is 141 cm³/mol. The van der Waals surface area contributed by atoms with Gasteiger partial charge in [-0.1, -0.05) is 11.3 Å². The smallest absolute Gasteiger partial charge is 0.366 e. The SMILES string of the molecule is CN1CC(C)(C(=O)N2CCN(c3cc(S(=O)(=O)NC4(C)CC4)cn4c(-c5nnc(C(F)(F)F)s5)ncc34)CC2)C1. The molecule has 0 spiro atoms. The number of piperazine rings is 1. The van der Waals surface area contributed by atoms with Crippen LogP contribution in [0.15, 0.2) is 23.4 Å². The fourth-order valence-electron chi connectivity index (χ4n) is 5.53. The van der Waals surface area contributed by atoms with Crippen molar-refractivity contribution < 1.29 is 26.4 Å². The van der Waals surface area contributed by atoms with Gasteiger partial charge in [0.25, 0.3) is 0 Å². The zero-order chi connectivity index (χ0) is 28.7. The minimum Gasteiger partial charge on any atom is -0.366 e. The van der Waals surface area contributed by atoms with Crippen molar-refractivity contribution in [2.45, 2.75) is 43.3 Å². The van der Waals surface area contributed by atoms with E-state index in [4.69, 9.17) is 0 Å². The summed E-state index contributed by atoms with van der Waals surface area (Å²) in [5.74, 6) is 0.173. The first-order chi connectivity index (χ1) is 18.7. The number of amides is 1. The summed E-state index contributed by atoms with van der Waals surface area (Å²) < 4.78 is 70.6. The van der Waals surface area contributed by atoms with Gasteiger partial charge in [-0.3, -0.25) is 9.20 Å². The number of pyridine rings is 1. The van der Waals surface area contributed by atoms with Gasteiger partial charge in [0.2, 0.25) is 20.9 Å². The fraction of sp³-hybridized carbons (Fsp3) is 0.583. The van der Waals surface area contributed by atoms with Crippen LogP contribution in [0.3, 0.4) is 0 Å². The Morgan fingerprint density at radius 2 is 1.77 bits per heavy atom. The molecule has 216 valence electrons. The number of nitrogens with zero attached hydrogens (tertiary/aromatic N) is 7. The van der Waals surface area contributed by atoms with Crippen molar-refractivity contribution >= 4 is 38.5 Å². The summed E-state index contributed by atoms with van der Waals surface area (Å²) in [4.78, 5) is 23.4. The number of alkyl halides is 3. The molecule has 0 aromatic carbocycles. The van der Waals surface area contributed by atoms with Crippen LogP contribution in [0.25, 0.3) is 16.3 Å². The third kappa shape index (κ3) is 4.84. The molecule has 3 fully saturated rings. The van der Waals surface area contributed by atoms with E-state index in [9.17, 15) is 26.4 Å². The summed E-state index contributed by atoms with van der Waals surface area (Å²) >= 11 is 0.344. The Kier molecular flexibility index (Phi) is 6.22. The predicted octanol–water partition coefficient (Wildman–Crippen LogP) is 2.30. The first-order valence-electron chi connectivity index (χ1n) is 12.9. The number of halogens is 3. The monoisotopic (exact) mass is 598 g/mol. The summed E-state index contributed by atoms with van der Waals surface area (Å²) in [7, 11) is -1.98. The van der Waals surface area contributed by atoms with Gasteiger partial charge in [0.15, 0.2) is 10.8 Å². The number of likely N-dealkylation sites (tertiary alicyclic amines) is 1. The molecule has 3 aromatic rings. The highest BCUT2D eigenvalue weighted by molar-refractivity contribution is 7.89. The molecule has 16 heteroatoms. The van der Waals surface area contributed by atoms with Crippen LogP contribution in [0.5, 0.6) is 0 Å². The zero-order valence-electron chi connectivity index (χ0n) is 22.2. The van der Waals surface area contributed by atoms with Crippen LogP contribution in [0.4, 0.5) is 18.9 Å². The molecule has 0 bridgehead atoms. The number of imidazole rings is 1. The molecule has 3 aliphatic rings. The Hall–Kier alpha value is -2.82. The Bertz CT molecular complexity index is 1580. The third-order valence-corrected chi connectivity index (χ3v) is 10.4. The van der Waals surface area contributed by atoms with E-state index >= 15 is 0 Å². The van der Waals surface area contributed by atoms with Crippen molar-refractivity contribution in [3.63, 3.8) is 0 Å². The minimum atomic E-state index is -4.66. The van der Waals surface area contributed by atoms with Crippen molar-refractivity contribution in [2.24, 2.45) is 5.41 Å².